The average Bonchev–Trinajstić information content (AvgIpc) is 3.32. The van der Waals surface area contributed by atoms with Crippen LogP contribution in [0.25, 0.3) is 0 Å². The minimum Gasteiger partial charge on any atom is -0.490 e. The van der Waals surface area contributed by atoms with Crippen molar-refractivity contribution in [3.63, 3.8) is 0 Å². The molecular weight excluding hydrogens is 302 g/mol. The van der Waals surface area contributed by atoms with E-state index in [1.807, 2.05) is 47.1 Å². The van der Waals surface area contributed by atoms with Crippen molar-refractivity contribution in [1.29, 1.82) is 0 Å². The largest absolute Gasteiger partial charge is 0.490 e. The molecule has 1 unspecified atom stereocenters. The SMILES string of the molecule is Cn1nccc1C1CCCN(C(=O)c2ccccc2OC2CC2)C1. The van der Waals surface area contributed by atoms with Crippen LogP contribution in [0.1, 0.15) is 47.7 Å². The van der Waals surface area contributed by atoms with Crippen molar-refractivity contribution in [1.82, 2.24) is 14.7 Å². The quantitative estimate of drug-likeness (QED) is 0.868. The number of nitrogens with zero attached hydrogens (tertiary/aromatic N) is 3. The summed E-state index contributed by atoms with van der Waals surface area (Å²) in [6, 6.07) is 9.70. The van der Waals surface area contributed by atoms with Gasteiger partial charge in [-0.05, 0) is 43.9 Å². The molecule has 2 fully saturated rings. The fourth-order valence-corrected chi connectivity index (χ4v) is 3.47. The first-order valence-electron chi connectivity index (χ1n) is 8.75. The zero-order valence-electron chi connectivity index (χ0n) is 14.0. The summed E-state index contributed by atoms with van der Waals surface area (Å²) in [5.74, 6) is 1.16. The van der Waals surface area contributed by atoms with E-state index in [1.54, 1.807) is 0 Å². The molecule has 5 heteroatoms. The Morgan fingerprint density at radius 1 is 1.21 bits per heavy atom. The van der Waals surface area contributed by atoms with Crippen LogP contribution in [0.15, 0.2) is 36.5 Å². The van der Waals surface area contributed by atoms with Crippen molar-refractivity contribution < 1.29 is 9.53 Å². The molecule has 4 rings (SSSR count). The number of rotatable bonds is 4. The molecule has 1 saturated carbocycles. The smallest absolute Gasteiger partial charge is 0.257 e. The van der Waals surface area contributed by atoms with Gasteiger partial charge in [0.1, 0.15) is 5.75 Å². The van der Waals surface area contributed by atoms with Crippen LogP contribution in [0.3, 0.4) is 0 Å². The van der Waals surface area contributed by atoms with E-state index in [-0.39, 0.29) is 5.91 Å². The van der Waals surface area contributed by atoms with E-state index in [0.717, 1.165) is 44.5 Å². The van der Waals surface area contributed by atoms with Gasteiger partial charge < -0.3 is 9.64 Å². The molecule has 1 saturated heterocycles. The summed E-state index contributed by atoms with van der Waals surface area (Å²) in [5.41, 5.74) is 1.89. The van der Waals surface area contributed by atoms with E-state index in [9.17, 15) is 4.79 Å². The van der Waals surface area contributed by atoms with Gasteiger partial charge in [0, 0.05) is 37.9 Å². The highest BCUT2D eigenvalue weighted by Crippen LogP contribution is 2.32. The molecule has 2 aromatic rings. The first-order valence-corrected chi connectivity index (χ1v) is 8.75. The number of piperidine rings is 1. The topological polar surface area (TPSA) is 47.4 Å². The monoisotopic (exact) mass is 325 g/mol. The van der Waals surface area contributed by atoms with Crippen molar-refractivity contribution in [2.45, 2.75) is 37.7 Å². The van der Waals surface area contributed by atoms with Gasteiger partial charge in [-0.15, -0.1) is 0 Å². The van der Waals surface area contributed by atoms with Crippen LogP contribution in [0.5, 0.6) is 5.75 Å². The molecule has 1 amide bonds. The third kappa shape index (κ3) is 3.03. The van der Waals surface area contributed by atoms with Crippen LogP contribution in [0.2, 0.25) is 0 Å². The van der Waals surface area contributed by atoms with Gasteiger partial charge in [-0.3, -0.25) is 9.48 Å². The van der Waals surface area contributed by atoms with Crippen LogP contribution in [-0.2, 0) is 7.05 Å². The van der Waals surface area contributed by atoms with Crippen LogP contribution in [-0.4, -0.2) is 39.8 Å². The van der Waals surface area contributed by atoms with E-state index in [2.05, 4.69) is 11.2 Å². The molecule has 0 radical (unpaired) electrons. The van der Waals surface area contributed by atoms with E-state index in [0.29, 0.717) is 17.6 Å². The Bertz CT molecular complexity index is 736. The maximum absolute atomic E-state index is 13.0. The number of benzene rings is 1. The fraction of sp³-hybridized carbons (Fsp3) is 0.474. The van der Waals surface area contributed by atoms with E-state index >= 15 is 0 Å². The molecule has 0 N–H and O–H groups in total. The predicted octanol–water partition coefficient (Wildman–Crippen LogP) is 2.98. The number of aryl methyl sites for hydroxylation is 1. The summed E-state index contributed by atoms with van der Waals surface area (Å²) in [7, 11) is 1.97. The number of carbonyl (C=O) groups is 1. The molecular formula is C19H23N3O2. The second-order valence-electron chi connectivity index (χ2n) is 6.78. The number of likely N-dealkylation sites (tertiary alicyclic amines) is 1. The average molecular weight is 325 g/mol. The lowest BCUT2D eigenvalue weighted by molar-refractivity contribution is 0.0700. The van der Waals surface area contributed by atoms with Crippen LogP contribution < -0.4 is 4.74 Å². The van der Waals surface area contributed by atoms with Gasteiger partial charge in [0.15, 0.2) is 0 Å². The lowest BCUT2D eigenvalue weighted by Crippen LogP contribution is -2.39. The minimum absolute atomic E-state index is 0.0816. The van der Waals surface area contributed by atoms with E-state index in [4.69, 9.17) is 4.74 Å². The molecule has 1 atom stereocenters. The van der Waals surface area contributed by atoms with Gasteiger partial charge in [-0.2, -0.15) is 5.10 Å². The first-order chi connectivity index (χ1) is 11.7. The Kier molecular flexibility index (Phi) is 4.00. The molecule has 2 aliphatic rings. The van der Waals surface area contributed by atoms with Gasteiger partial charge in [0.25, 0.3) is 5.91 Å². The second-order valence-corrected chi connectivity index (χ2v) is 6.78. The number of amides is 1. The molecule has 1 aromatic carbocycles. The van der Waals surface area contributed by atoms with E-state index < -0.39 is 0 Å². The lowest BCUT2D eigenvalue weighted by Gasteiger charge is -2.33. The maximum atomic E-state index is 13.0. The highest BCUT2D eigenvalue weighted by Gasteiger charge is 2.30. The third-order valence-electron chi connectivity index (χ3n) is 4.92. The zero-order chi connectivity index (χ0) is 16.5. The summed E-state index contributed by atoms with van der Waals surface area (Å²) in [6.45, 7) is 1.56. The van der Waals surface area contributed by atoms with Gasteiger partial charge in [-0.25, -0.2) is 0 Å². The van der Waals surface area contributed by atoms with Gasteiger partial charge >= 0.3 is 0 Å². The molecule has 1 aliphatic heterocycles. The Morgan fingerprint density at radius 3 is 2.79 bits per heavy atom. The van der Waals surface area contributed by atoms with Crippen LogP contribution >= 0.6 is 0 Å². The summed E-state index contributed by atoms with van der Waals surface area (Å²) < 4.78 is 7.84. The molecule has 5 nitrogen and oxygen atoms in total. The maximum Gasteiger partial charge on any atom is 0.257 e. The second kappa shape index (κ2) is 6.30. The fourth-order valence-electron chi connectivity index (χ4n) is 3.47. The Hall–Kier alpha value is -2.30. The Morgan fingerprint density at radius 2 is 2.04 bits per heavy atom. The first kappa shape index (κ1) is 15.2. The molecule has 0 spiro atoms. The molecule has 1 aliphatic carbocycles. The zero-order valence-corrected chi connectivity index (χ0v) is 14.0. The highest BCUT2D eigenvalue weighted by molar-refractivity contribution is 5.97. The normalized spacial score (nSPS) is 20.9. The third-order valence-corrected chi connectivity index (χ3v) is 4.92. The van der Waals surface area contributed by atoms with Crippen molar-refractivity contribution in [3.05, 3.63) is 47.8 Å². The van der Waals surface area contributed by atoms with Gasteiger partial charge in [0.2, 0.25) is 0 Å². The van der Waals surface area contributed by atoms with Crippen molar-refractivity contribution in [2.75, 3.05) is 13.1 Å². The predicted molar refractivity (Wildman–Crippen MR) is 91.2 cm³/mol. The number of hydrogen-bond acceptors (Lipinski definition) is 3. The van der Waals surface area contributed by atoms with Gasteiger partial charge in [-0.1, -0.05) is 12.1 Å². The molecule has 0 bridgehead atoms. The summed E-state index contributed by atoms with van der Waals surface area (Å²) in [6.07, 6.45) is 6.43. The number of hydrogen-bond donors (Lipinski definition) is 0. The van der Waals surface area contributed by atoms with E-state index in [1.165, 1.54) is 5.69 Å². The number of ether oxygens (including phenoxy) is 1. The summed E-state index contributed by atoms with van der Waals surface area (Å²) in [5, 5.41) is 4.27. The molecule has 1 aromatic heterocycles. The van der Waals surface area contributed by atoms with Crippen LogP contribution in [0, 0.1) is 0 Å². The van der Waals surface area contributed by atoms with Crippen molar-refractivity contribution >= 4 is 5.91 Å². The number of aromatic nitrogens is 2. The molecule has 24 heavy (non-hydrogen) atoms. The lowest BCUT2D eigenvalue weighted by atomic mass is 9.94. The van der Waals surface area contributed by atoms with Crippen molar-refractivity contribution in [2.24, 2.45) is 7.05 Å². The number of para-hydroxylation sites is 1. The summed E-state index contributed by atoms with van der Waals surface area (Å²) in [4.78, 5) is 15.0. The molecule has 126 valence electrons. The Balaban J connectivity index is 1.53. The van der Waals surface area contributed by atoms with Crippen molar-refractivity contribution in [3.8, 4) is 5.75 Å². The van der Waals surface area contributed by atoms with Crippen LogP contribution in [0.4, 0.5) is 0 Å². The summed E-state index contributed by atoms with van der Waals surface area (Å²) >= 11 is 0. The standard InChI is InChI=1S/C19H23N3O2/c1-21-17(10-11-20-21)14-5-4-12-22(13-14)19(23)16-6-2-3-7-18(16)24-15-8-9-15/h2-3,6-7,10-11,14-15H,4-5,8-9,12-13H2,1H3. The Labute approximate surface area is 142 Å². The number of carbonyl (C=O) groups excluding carboxylic acids is 1. The van der Waals surface area contributed by atoms with Gasteiger partial charge in [0.05, 0.1) is 11.7 Å². The highest BCUT2D eigenvalue weighted by atomic mass is 16.5. The minimum atomic E-state index is 0.0816. The molecule has 2 heterocycles.